The Hall–Kier alpha value is -0.860. The standard InChI is InChI=1S/C11H13ClFN/c1-8(13)10-5-4-9(3-2-6-14)11(12)7-10/h2-5,7-8H,6,14H2,1H3/b3-2+. The molecule has 0 fully saturated rings. The number of rotatable bonds is 3. The first-order valence-electron chi connectivity index (χ1n) is 4.45. The third kappa shape index (κ3) is 2.82. The second kappa shape index (κ2) is 5.13. The summed E-state index contributed by atoms with van der Waals surface area (Å²) in [4.78, 5) is 0. The second-order valence-electron chi connectivity index (χ2n) is 3.04. The van der Waals surface area contributed by atoms with Crippen LogP contribution < -0.4 is 5.73 Å². The SMILES string of the molecule is CC(F)c1ccc(/C=C/CN)c(Cl)c1. The molecule has 0 heterocycles. The zero-order valence-electron chi connectivity index (χ0n) is 8.00. The van der Waals surface area contributed by atoms with E-state index >= 15 is 0 Å². The maximum atomic E-state index is 12.9. The molecule has 1 nitrogen and oxygen atoms in total. The predicted octanol–water partition coefficient (Wildman–Crippen LogP) is 3.34. The van der Waals surface area contributed by atoms with Crippen LogP contribution >= 0.6 is 11.6 Å². The monoisotopic (exact) mass is 213 g/mol. The molecule has 0 bridgehead atoms. The molecule has 0 aliphatic rings. The van der Waals surface area contributed by atoms with Gasteiger partial charge in [-0.1, -0.05) is 35.9 Å². The van der Waals surface area contributed by atoms with Gasteiger partial charge in [0.15, 0.2) is 0 Å². The number of hydrogen-bond donors (Lipinski definition) is 1. The molecule has 0 saturated carbocycles. The fourth-order valence-corrected chi connectivity index (χ4v) is 1.37. The number of alkyl halides is 1. The highest BCUT2D eigenvalue weighted by Crippen LogP contribution is 2.24. The average Bonchev–Trinajstić information content (AvgIpc) is 2.15. The molecule has 0 saturated heterocycles. The minimum atomic E-state index is -0.986. The van der Waals surface area contributed by atoms with Crippen LogP contribution in [0.25, 0.3) is 6.08 Å². The van der Waals surface area contributed by atoms with Gasteiger partial charge >= 0.3 is 0 Å². The van der Waals surface area contributed by atoms with Gasteiger partial charge in [-0.2, -0.15) is 0 Å². The molecule has 14 heavy (non-hydrogen) atoms. The Kier molecular flexibility index (Phi) is 4.11. The van der Waals surface area contributed by atoms with Crippen molar-refractivity contribution in [2.75, 3.05) is 6.54 Å². The lowest BCUT2D eigenvalue weighted by Crippen LogP contribution is -1.92. The van der Waals surface area contributed by atoms with Crippen molar-refractivity contribution in [3.63, 3.8) is 0 Å². The van der Waals surface area contributed by atoms with Crippen molar-refractivity contribution in [2.45, 2.75) is 13.1 Å². The van der Waals surface area contributed by atoms with Crippen molar-refractivity contribution in [3.05, 3.63) is 40.4 Å². The van der Waals surface area contributed by atoms with Crippen molar-refractivity contribution in [2.24, 2.45) is 5.73 Å². The number of hydrogen-bond acceptors (Lipinski definition) is 1. The first-order valence-corrected chi connectivity index (χ1v) is 4.83. The van der Waals surface area contributed by atoms with Crippen LogP contribution in [0.4, 0.5) is 4.39 Å². The van der Waals surface area contributed by atoms with E-state index in [0.29, 0.717) is 17.1 Å². The lowest BCUT2D eigenvalue weighted by Gasteiger charge is -2.04. The predicted molar refractivity (Wildman–Crippen MR) is 59.1 cm³/mol. The first kappa shape index (κ1) is 11.2. The van der Waals surface area contributed by atoms with Crippen molar-refractivity contribution >= 4 is 17.7 Å². The molecule has 0 amide bonds. The lowest BCUT2D eigenvalue weighted by atomic mass is 10.1. The molecule has 1 aromatic carbocycles. The van der Waals surface area contributed by atoms with E-state index in [1.165, 1.54) is 6.92 Å². The van der Waals surface area contributed by atoms with E-state index in [1.54, 1.807) is 24.3 Å². The van der Waals surface area contributed by atoms with E-state index < -0.39 is 6.17 Å². The van der Waals surface area contributed by atoms with Gasteiger partial charge in [0.1, 0.15) is 6.17 Å². The van der Waals surface area contributed by atoms with E-state index in [2.05, 4.69) is 0 Å². The Bertz CT molecular complexity index is 334. The van der Waals surface area contributed by atoms with E-state index in [4.69, 9.17) is 17.3 Å². The molecule has 1 unspecified atom stereocenters. The molecule has 1 rings (SSSR count). The van der Waals surface area contributed by atoms with Gasteiger partial charge < -0.3 is 5.73 Å². The van der Waals surface area contributed by atoms with Gasteiger partial charge in [-0.15, -0.1) is 0 Å². The first-order chi connectivity index (χ1) is 6.65. The summed E-state index contributed by atoms with van der Waals surface area (Å²) in [7, 11) is 0. The summed E-state index contributed by atoms with van der Waals surface area (Å²) < 4.78 is 12.9. The molecule has 0 aliphatic carbocycles. The molecular formula is C11H13ClFN. The zero-order valence-corrected chi connectivity index (χ0v) is 8.76. The Morgan fingerprint density at radius 3 is 2.79 bits per heavy atom. The summed E-state index contributed by atoms with van der Waals surface area (Å²) in [6.07, 6.45) is 2.65. The van der Waals surface area contributed by atoms with E-state index in [0.717, 1.165) is 5.56 Å². The molecule has 0 radical (unpaired) electrons. The van der Waals surface area contributed by atoms with Gasteiger partial charge in [-0.3, -0.25) is 0 Å². The van der Waals surface area contributed by atoms with Crippen LogP contribution in [-0.4, -0.2) is 6.54 Å². The highest BCUT2D eigenvalue weighted by atomic mass is 35.5. The van der Waals surface area contributed by atoms with Gasteiger partial charge in [0.05, 0.1) is 0 Å². The second-order valence-corrected chi connectivity index (χ2v) is 3.44. The Labute approximate surface area is 88.4 Å². The Balaban J connectivity index is 2.95. The summed E-state index contributed by atoms with van der Waals surface area (Å²) in [6.45, 7) is 1.96. The molecule has 1 aromatic rings. The normalized spacial score (nSPS) is 13.4. The maximum Gasteiger partial charge on any atom is 0.122 e. The average molecular weight is 214 g/mol. The summed E-state index contributed by atoms with van der Waals surface area (Å²) in [5, 5.41) is 0.553. The smallest absolute Gasteiger partial charge is 0.122 e. The molecule has 3 heteroatoms. The van der Waals surface area contributed by atoms with Crippen LogP contribution in [0.2, 0.25) is 5.02 Å². The van der Waals surface area contributed by atoms with Gasteiger partial charge in [-0.05, 0) is 24.1 Å². The molecule has 76 valence electrons. The molecule has 0 aliphatic heterocycles. The van der Waals surface area contributed by atoms with E-state index in [-0.39, 0.29) is 0 Å². The van der Waals surface area contributed by atoms with Gasteiger partial charge in [-0.25, -0.2) is 4.39 Å². The van der Waals surface area contributed by atoms with Crippen LogP contribution in [0.5, 0.6) is 0 Å². The van der Waals surface area contributed by atoms with Gasteiger partial charge in [0.25, 0.3) is 0 Å². The highest BCUT2D eigenvalue weighted by Gasteiger charge is 2.04. The van der Waals surface area contributed by atoms with Crippen molar-refractivity contribution < 1.29 is 4.39 Å². The minimum absolute atomic E-state index is 0.470. The van der Waals surface area contributed by atoms with Gasteiger partial charge in [0, 0.05) is 11.6 Å². The number of benzene rings is 1. The summed E-state index contributed by atoms with van der Waals surface area (Å²) in [6, 6.07) is 5.16. The van der Waals surface area contributed by atoms with Crippen LogP contribution in [-0.2, 0) is 0 Å². The quantitative estimate of drug-likeness (QED) is 0.819. The van der Waals surface area contributed by atoms with Crippen LogP contribution in [0.15, 0.2) is 24.3 Å². The van der Waals surface area contributed by atoms with Crippen molar-refractivity contribution in [1.29, 1.82) is 0 Å². The number of halogens is 2. The molecule has 0 aromatic heterocycles. The third-order valence-corrected chi connectivity index (χ3v) is 2.24. The highest BCUT2D eigenvalue weighted by molar-refractivity contribution is 6.32. The largest absolute Gasteiger partial charge is 0.327 e. The number of nitrogens with two attached hydrogens (primary N) is 1. The van der Waals surface area contributed by atoms with Crippen LogP contribution in [0, 0.1) is 0 Å². The maximum absolute atomic E-state index is 12.9. The van der Waals surface area contributed by atoms with Gasteiger partial charge in [0.2, 0.25) is 0 Å². The van der Waals surface area contributed by atoms with Crippen molar-refractivity contribution in [1.82, 2.24) is 0 Å². The molecular weight excluding hydrogens is 201 g/mol. The minimum Gasteiger partial charge on any atom is -0.327 e. The fraction of sp³-hybridized carbons (Fsp3) is 0.273. The van der Waals surface area contributed by atoms with E-state index in [1.807, 2.05) is 6.08 Å². The van der Waals surface area contributed by atoms with Crippen molar-refractivity contribution in [3.8, 4) is 0 Å². The summed E-state index contributed by atoms with van der Waals surface area (Å²) in [5.74, 6) is 0. The zero-order chi connectivity index (χ0) is 10.6. The van der Waals surface area contributed by atoms with Crippen LogP contribution in [0.3, 0.4) is 0 Å². The van der Waals surface area contributed by atoms with Crippen LogP contribution in [0.1, 0.15) is 24.2 Å². The van der Waals surface area contributed by atoms with E-state index in [9.17, 15) is 4.39 Å². The summed E-state index contributed by atoms with van der Waals surface area (Å²) in [5.41, 5.74) is 6.77. The fourth-order valence-electron chi connectivity index (χ4n) is 1.12. The lowest BCUT2D eigenvalue weighted by molar-refractivity contribution is 0.374. The molecule has 0 spiro atoms. The Morgan fingerprint density at radius 2 is 2.29 bits per heavy atom. The summed E-state index contributed by atoms with van der Waals surface area (Å²) >= 11 is 5.95. The Morgan fingerprint density at radius 1 is 1.57 bits per heavy atom. The molecule has 1 atom stereocenters. The third-order valence-electron chi connectivity index (χ3n) is 1.92. The topological polar surface area (TPSA) is 26.0 Å². The molecule has 2 N–H and O–H groups in total.